The van der Waals surface area contributed by atoms with E-state index >= 15 is 0 Å². The molecular formula is C14H28N2S2. The molecule has 0 aromatic rings. The number of nitrogens with zero attached hydrogens (tertiary/aromatic N) is 1. The van der Waals surface area contributed by atoms with E-state index in [1.165, 1.54) is 43.0 Å². The third kappa shape index (κ3) is 5.87. The van der Waals surface area contributed by atoms with Crippen LogP contribution in [0, 0.1) is 5.92 Å². The molecule has 1 atom stereocenters. The molecule has 1 unspecified atom stereocenters. The van der Waals surface area contributed by atoms with Crippen LogP contribution in [-0.2, 0) is 0 Å². The van der Waals surface area contributed by atoms with Gasteiger partial charge in [0.25, 0.3) is 0 Å². The molecule has 0 radical (unpaired) electrons. The van der Waals surface area contributed by atoms with Crippen LogP contribution in [0.25, 0.3) is 0 Å². The number of rotatable bonds is 9. The van der Waals surface area contributed by atoms with Crippen molar-refractivity contribution in [2.45, 2.75) is 51.2 Å². The highest BCUT2D eigenvalue weighted by atomic mass is 32.2. The van der Waals surface area contributed by atoms with Crippen molar-refractivity contribution < 1.29 is 0 Å². The highest BCUT2D eigenvalue weighted by Crippen LogP contribution is 2.30. The molecule has 106 valence electrons. The van der Waals surface area contributed by atoms with E-state index in [-0.39, 0.29) is 0 Å². The van der Waals surface area contributed by atoms with Gasteiger partial charge in [-0.3, -0.25) is 4.99 Å². The fourth-order valence-electron chi connectivity index (χ4n) is 2.29. The molecule has 18 heavy (non-hydrogen) atoms. The highest BCUT2D eigenvalue weighted by molar-refractivity contribution is 8.14. The van der Waals surface area contributed by atoms with Crippen LogP contribution >= 0.6 is 23.5 Å². The molecule has 1 aliphatic heterocycles. The molecule has 0 amide bonds. The van der Waals surface area contributed by atoms with E-state index in [9.17, 15) is 0 Å². The van der Waals surface area contributed by atoms with E-state index < -0.39 is 0 Å². The Morgan fingerprint density at radius 3 is 2.78 bits per heavy atom. The maximum absolute atomic E-state index is 4.63. The summed E-state index contributed by atoms with van der Waals surface area (Å²) in [6, 6.07) is 0. The molecule has 4 heteroatoms. The lowest BCUT2D eigenvalue weighted by Crippen LogP contribution is -2.22. The van der Waals surface area contributed by atoms with Gasteiger partial charge < -0.3 is 5.32 Å². The predicted octanol–water partition coefficient (Wildman–Crippen LogP) is 4.02. The Bertz CT molecular complexity index is 240. The minimum atomic E-state index is 0.721. The molecule has 1 N–H and O–H groups in total. The van der Waals surface area contributed by atoms with Gasteiger partial charge >= 0.3 is 0 Å². The summed E-state index contributed by atoms with van der Waals surface area (Å²) in [7, 11) is 0. The van der Waals surface area contributed by atoms with Crippen LogP contribution in [0.3, 0.4) is 0 Å². The summed E-state index contributed by atoms with van der Waals surface area (Å²) in [6.45, 7) is 6.71. The van der Waals surface area contributed by atoms with Gasteiger partial charge in [-0.15, -0.1) is 0 Å². The van der Waals surface area contributed by atoms with Crippen LogP contribution in [0.5, 0.6) is 0 Å². The summed E-state index contributed by atoms with van der Waals surface area (Å²) >= 11 is 3.92. The van der Waals surface area contributed by atoms with Crippen molar-refractivity contribution in [2.24, 2.45) is 10.9 Å². The molecule has 1 rings (SSSR count). The van der Waals surface area contributed by atoms with Crippen LogP contribution < -0.4 is 5.32 Å². The molecule has 2 nitrogen and oxygen atoms in total. The standard InChI is InChI=1S/C14H28N2S2/c1-4-12(5-2)13-11-16-14(18-13)15-9-7-6-8-10-17-3/h12-13H,4-11H2,1-3H3,(H,15,16). The van der Waals surface area contributed by atoms with Gasteiger partial charge in [-0.05, 0) is 30.8 Å². The lowest BCUT2D eigenvalue weighted by Gasteiger charge is -2.18. The minimum Gasteiger partial charge on any atom is -0.365 e. The third-order valence-corrected chi connectivity index (χ3v) is 5.58. The van der Waals surface area contributed by atoms with Crippen molar-refractivity contribution in [3.05, 3.63) is 0 Å². The molecular weight excluding hydrogens is 260 g/mol. The van der Waals surface area contributed by atoms with Gasteiger partial charge in [-0.1, -0.05) is 44.9 Å². The quantitative estimate of drug-likeness (QED) is 0.649. The maximum atomic E-state index is 4.63. The fourth-order valence-corrected chi connectivity index (χ4v) is 4.13. The molecule has 0 aromatic carbocycles. The van der Waals surface area contributed by atoms with Gasteiger partial charge in [0.1, 0.15) is 0 Å². The second kappa shape index (κ2) is 10.0. The Labute approximate surface area is 121 Å². The minimum absolute atomic E-state index is 0.721. The van der Waals surface area contributed by atoms with Gasteiger partial charge in [0.05, 0.1) is 6.54 Å². The largest absolute Gasteiger partial charge is 0.365 e. The summed E-state index contributed by atoms with van der Waals surface area (Å²) in [5.41, 5.74) is 0. The van der Waals surface area contributed by atoms with Gasteiger partial charge in [-0.2, -0.15) is 11.8 Å². The van der Waals surface area contributed by atoms with Crippen LogP contribution in [0.4, 0.5) is 0 Å². The van der Waals surface area contributed by atoms with Gasteiger partial charge in [0.15, 0.2) is 5.17 Å². The molecule has 1 aliphatic rings. The van der Waals surface area contributed by atoms with Crippen molar-refractivity contribution >= 4 is 28.7 Å². The summed E-state index contributed by atoms with van der Waals surface area (Å²) in [4.78, 5) is 4.63. The van der Waals surface area contributed by atoms with Crippen molar-refractivity contribution in [3.8, 4) is 0 Å². The van der Waals surface area contributed by atoms with Crippen molar-refractivity contribution in [3.63, 3.8) is 0 Å². The zero-order chi connectivity index (χ0) is 13.2. The zero-order valence-corrected chi connectivity index (χ0v) is 13.7. The second-order valence-corrected chi connectivity index (χ2v) is 7.07. The predicted molar refractivity (Wildman–Crippen MR) is 88.0 cm³/mol. The Hall–Kier alpha value is 0.170. The van der Waals surface area contributed by atoms with Crippen LogP contribution in [0.2, 0.25) is 0 Å². The second-order valence-electron chi connectivity index (χ2n) is 4.86. The van der Waals surface area contributed by atoms with E-state index in [0.717, 1.165) is 24.3 Å². The van der Waals surface area contributed by atoms with Crippen molar-refractivity contribution in [2.75, 3.05) is 25.1 Å². The zero-order valence-electron chi connectivity index (χ0n) is 12.1. The number of thioether (sulfide) groups is 2. The molecule has 1 heterocycles. The van der Waals surface area contributed by atoms with Gasteiger partial charge in [0.2, 0.25) is 0 Å². The molecule has 0 saturated heterocycles. The Balaban J connectivity index is 2.07. The summed E-state index contributed by atoms with van der Waals surface area (Å²) in [5, 5.41) is 5.41. The molecule has 0 fully saturated rings. The summed E-state index contributed by atoms with van der Waals surface area (Å²) in [6.07, 6.45) is 8.70. The molecule has 0 saturated carbocycles. The molecule has 0 spiro atoms. The van der Waals surface area contributed by atoms with E-state index in [4.69, 9.17) is 0 Å². The van der Waals surface area contributed by atoms with Gasteiger partial charge in [0, 0.05) is 11.8 Å². The lowest BCUT2D eigenvalue weighted by molar-refractivity contribution is 0.479. The first kappa shape index (κ1) is 16.2. The molecule has 0 bridgehead atoms. The van der Waals surface area contributed by atoms with E-state index in [0.29, 0.717) is 0 Å². The first-order valence-electron chi connectivity index (χ1n) is 7.25. The number of hydrogen-bond donors (Lipinski definition) is 1. The summed E-state index contributed by atoms with van der Waals surface area (Å²) < 4.78 is 0. The van der Waals surface area contributed by atoms with E-state index in [1.807, 2.05) is 23.5 Å². The fraction of sp³-hybridized carbons (Fsp3) is 0.929. The van der Waals surface area contributed by atoms with Crippen LogP contribution in [0.15, 0.2) is 4.99 Å². The number of hydrogen-bond acceptors (Lipinski definition) is 4. The van der Waals surface area contributed by atoms with Crippen LogP contribution in [0.1, 0.15) is 46.0 Å². The first-order valence-corrected chi connectivity index (χ1v) is 9.53. The smallest absolute Gasteiger partial charge is 0.156 e. The highest BCUT2D eigenvalue weighted by Gasteiger charge is 2.25. The maximum Gasteiger partial charge on any atom is 0.156 e. The van der Waals surface area contributed by atoms with Crippen molar-refractivity contribution in [1.29, 1.82) is 0 Å². The normalized spacial score (nSPS) is 19.3. The first-order chi connectivity index (χ1) is 8.81. The van der Waals surface area contributed by atoms with Gasteiger partial charge in [-0.25, -0.2) is 0 Å². The Morgan fingerprint density at radius 2 is 2.11 bits per heavy atom. The SMILES string of the molecule is CCC(CC)C1CN=C(NCCCCCSC)S1. The number of aliphatic imine (C=N–C) groups is 1. The van der Waals surface area contributed by atoms with Crippen molar-refractivity contribution in [1.82, 2.24) is 5.32 Å². The molecule has 0 aromatic heterocycles. The average Bonchev–Trinajstić information content (AvgIpc) is 2.84. The monoisotopic (exact) mass is 288 g/mol. The Morgan fingerprint density at radius 1 is 1.33 bits per heavy atom. The average molecular weight is 289 g/mol. The molecule has 0 aliphatic carbocycles. The number of nitrogens with one attached hydrogen (secondary N) is 1. The third-order valence-electron chi connectivity index (χ3n) is 3.55. The van der Waals surface area contributed by atoms with E-state index in [1.54, 1.807) is 0 Å². The summed E-state index contributed by atoms with van der Waals surface area (Å²) in [5.74, 6) is 2.13. The van der Waals surface area contributed by atoms with Crippen LogP contribution in [-0.4, -0.2) is 35.5 Å². The Kier molecular flexibility index (Phi) is 9.03. The van der Waals surface area contributed by atoms with E-state index in [2.05, 4.69) is 30.4 Å². The number of amidine groups is 1. The topological polar surface area (TPSA) is 24.4 Å². The number of unbranched alkanes of at least 4 members (excludes halogenated alkanes) is 2. The lowest BCUT2D eigenvalue weighted by atomic mass is 9.99.